The van der Waals surface area contributed by atoms with E-state index in [1.807, 2.05) is 0 Å². The van der Waals surface area contributed by atoms with Crippen molar-refractivity contribution in [2.45, 2.75) is 49.5 Å². The molecule has 22 heavy (non-hydrogen) atoms. The summed E-state index contributed by atoms with van der Waals surface area (Å²) in [6, 6.07) is 6.35. The first kappa shape index (κ1) is 15.3. The molecular weight excluding hydrogens is 300 g/mol. The van der Waals surface area contributed by atoms with Crippen molar-refractivity contribution < 1.29 is 13.2 Å². The number of anilines is 1. The average Bonchev–Trinajstić information content (AvgIpc) is 2.95. The third kappa shape index (κ3) is 2.97. The van der Waals surface area contributed by atoms with E-state index in [4.69, 9.17) is 0 Å². The first-order valence-corrected chi connectivity index (χ1v) is 9.66. The molecule has 0 aromatic heterocycles. The van der Waals surface area contributed by atoms with Crippen LogP contribution in [0.25, 0.3) is 0 Å². The van der Waals surface area contributed by atoms with Crippen LogP contribution in [0.1, 0.15) is 38.5 Å². The fourth-order valence-corrected chi connectivity index (χ4v) is 4.40. The molecule has 5 nitrogen and oxygen atoms in total. The molecule has 1 aromatic carbocycles. The summed E-state index contributed by atoms with van der Waals surface area (Å²) in [7, 11) is -3.27. The van der Waals surface area contributed by atoms with Crippen LogP contribution in [0.2, 0.25) is 0 Å². The second-order valence-corrected chi connectivity index (χ2v) is 8.57. The van der Waals surface area contributed by atoms with Gasteiger partial charge in [-0.25, -0.2) is 13.2 Å². The van der Waals surface area contributed by atoms with Gasteiger partial charge < -0.3 is 10.6 Å². The molecule has 6 heteroatoms. The maximum atomic E-state index is 12.1. The van der Waals surface area contributed by atoms with Crippen molar-refractivity contribution in [3.63, 3.8) is 0 Å². The van der Waals surface area contributed by atoms with Crippen LogP contribution in [0.3, 0.4) is 0 Å². The highest BCUT2D eigenvalue weighted by Crippen LogP contribution is 2.53. The zero-order valence-electron chi connectivity index (χ0n) is 12.8. The number of amides is 2. The Balaban J connectivity index is 1.63. The Bertz CT molecular complexity index is 678. The lowest BCUT2D eigenvalue weighted by Crippen LogP contribution is -2.54. The van der Waals surface area contributed by atoms with Gasteiger partial charge in [0.2, 0.25) is 0 Å². The maximum Gasteiger partial charge on any atom is 0.319 e. The molecule has 120 valence electrons. The Hall–Kier alpha value is -1.56. The van der Waals surface area contributed by atoms with Crippen molar-refractivity contribution in [1.29, 1.82) is 0 Å². The van der Waals surface area contributed by atoms with Gasteiger partial charge in [0, 0.05) is 18.0 Å². The van der Waals surface area contributed by atoms with Crippen LogP contribution in [0.15, 0.2) is 29.2 Å². The predicted octanol–water partition coefficient (Wildman–Crippen LogP) is 2.93. The van der Waals surface area contributed by atoms with Crippen LogP contribution >= 0.6 is 0 Å². The fraction of sp³-hybridized carbons (Fsp3) is 0.562. The van der Waals surface area contributed by atoms with Crippen LogP contribution in [0.4, 0.5) is 10.5 Å². The van der Waals surface area contributed by atoms with Gasteiger partial charge in [-0.2, -0.15) is 0 Å². The summed E-state index contributed by atoms with van der Waals surface area (Å²) in [4.78, 5) is 12.4. The zero-order chi connectivity index (χ0) is 15.8. The van der Waals surface area contributed by atoms with E-state index in [-0.39, 0.29) is 17.0 Å². The van der Waals surface area contributed by atoms with E-state index in [2.05, 4.69) is 10.6 Å². The second kappa shape index (κ2) is 5.57. The van der Waals surface area contributed by atoms with Gasteiger partial charge >= 0.3 is 6.03 Å². The van der Waals surface area contributed by atoms with Crippen molar-refractivity contribution in [1.82, 2.24) is 5.32 Å². The number of carbonyl (C=O) groups excluding carboxylic acids is 1. The summed E-state index contributed by atoms with van der Waals surface area (Å²) >= 11 is 0. The molecule has 0 bridgehead atoms. The Labute approximate surface area is 131 Å². The topological polar surface area (TPSA) is 75.3 Å². The maximum absolute atomic E-state index is 12.1. The summed E-state index contributed by atoms with van der Waals surface area (Å²) in [5.74, 6) is 0. The molecule has 3 rings (SSSR count). The normalized spacial score (nSPS) is 23.0. The van der Waals surface area contributed by atoms with Gasteiger partial charge in [0.25, 0.3) is 0 Å². The van der Waals surface area contributed by atoms with E-state index in [1.165, 1.54) is 44.2 Å². The summed E-state index contributed by atoms with van der Waals surface area (Å²) in [6.07, 6.45) is 8.35. The zero-order valence-corrected chi connectivity index (χ0v) is 13.6. The van der Waals surface area contributed by atoms with Gasteiger partial charge in [-0.3, -0.25) is 0 Å². The van der Waals surface area contributed by atoms with Gasteiger partial charge in [0.05, 0.1) is 4.90 Å². The van der Waals surface area contributed by atoms with E-state index in [1.54, 1.807) is 12.1 Å². The number of sulfone groups is 1. The van der Waals surface area contributed by atoms with Gasteiger partial charge in [-0.15, -0.1) is 0 Å². The van der Waals surface area contributed by atoms with E-state index in [9.17, 15) is 13.2 Å². The largest absolute Gasteiger partial charge is 0.335 e. The number of hydrogen-bond acceptors (Lipinski definition) is 3. The average molecular weight is 322 g/mol. The van der Waals surface area contributed by atoms with Gasteiger partial charge in [0.1, 0.15) is 0 Å². The molecule has 1 unspecified atom stereocenters. The first-order valence-electron chi connectivity index (χ1n) is 7.77. The highest BCUT2D eigenvalue weighted by molar-refractivity contribution is 7.90. The molecule has 1 aromatic rings. The van der Waals surface area contributed by atoms with E-state index >= 15 is 0 Å². The molecule has 1 spiro atoms. The molecule has 2 N–H and O–H groups in total. The monoisotopic (exact) mass is 322 g/mol. The molecule has 0 radical (unpaired) electrons. The van der Waals surface area contributed by atoms with Crippen LogP contribution in [0, 0.1) is 5.41 Å². The number of hydrogen-bond donors (Lipinski definition) is 2. The molecule has 0 heterocycles. The van der Waals surface area contributed by atoms with Crippen molar-refractivity contribution in [3.05, 3.63) is 24.3 Å². The van der Waals surface area contributed by atoms with Crippen LogP contribution in [-0.2, 0) is 9.84 Å². The van der Waals surface area contributed by atoms with Crippen molar-refractivity contribution in [2.75, 3.05) is 11.6 Å². The molecule has 2 aliphatic carbocycles. The summed E-state index contributed by atoms with van der Waals surface area (Å²) in [5, 5.41) is 5.80. The third-order valence-electron chi connectivity index (χ3n) is 5.09. The lowest BCUT2D eigenvalue weighted by atomic mass is 9.63. The molecular formula is C16H22N2O3S. The predicted molar refractivity (Wildman–Crippen MR) is 85.6 cm³/mol. The van der Waals surface area contributed by atoms with E-state index in [0.29, 0.717) is 11.1 Å². The third-order valence-corrected chi connectivity index (χ3v) is 6.21. The van der Waals surface area contributed by atoms with Crippen molar-refractivity contribution >= 4 is 21.6 Å². The minimum absolute atomic E-state index is 0.209. The number of carbonyl (C=O) groups is 1. The number of nitrogens with one attached hydrogen (secondary N) is 2. The van der Waals surface area contributed by atoms with Crippen molar-refractivity contribution in [2.24, 2.45) is 5.41 Å². The molecule has 2 fully saturated rings. The number of benzene rings is 1. The SMILES string of the molecule is CS(=O)(=O)c1cccc(NC(=O)NC2CCC23CCCC3)c1. The Morgan fingerprint density at radius 2 is 1.95 bits per heavy atom. The second-order valence-electron chi connectivity index (χ2n) is 6.56. The van der Waals surface area contributed by atoms with Crippen LogP contribution < -0.4 is 10.6 Å². The summed E-state index contributed by atoms with van der Waals surface area (Å²) < 4.78 is 23.1. The molecule has 2 amide bonds. The quantitative estimate of drug-likeness (QED) is 0.898. The van der Waals surface area contributed by atoms with Crippen molar-refractivity contribution in [3.8, 4) is 0 Å². The Morgan fingerprint density at radius 3 is 2.55 bits per heavy atom. The lowest BCUT2D eigenvalue weighted by molar-refractivity contribution is 0.0811. The highest BCUT2D eigenvalue weighted by atomic mass is 32.2. The smallest absolute Gasteiger partial charge is 0.319 e. The van der Waals surface area contributed by atoms with Crippen LogP contribution in [0.5, 0.6) is 0 Å². The standard InChI is InChI=1S/C16H22N2O3S/c1-22(20,21)13-6-4-5-12(11-13)17-15(19)18-14-7-10-16(14)8-2-3-9-16/h4-6,11,14H,2-3,7-10H2,1H3,(H2,17,18,19). The lowest BCUT2D eigenvalue weighted by Gasteiger charge is -2.47. The minimum atomic E-state index is -3.27. The summed E-state index contributed by atoms with van der Waals surface area (Å²) in [5.41, 5.74) is 0.826. The van der Waals surface area contributed by atoms with Crippen LogP contribution in [-0.4, -0.2) is 26.7 Å². The molecule has 2 saturated carbocycles. The molecule has 0 aliphatic heterocycles. The van der Waals surface area contributed by atoms with E-state index < -0.39 is 9.84 Å². The minimum Gasteiger partial charge on any atom is -0.335 e. The van der Waals surface area contributed by atoms with E-state index in [0.717, 1.165) is 12.7 Å². The number of rotatable bonds is 3. The fourth-order valence-electron chi connectivity index (χ4n) is 3.73. The van der Waals surface area contributed by atoms with Gasteiger partial charge in [-0.1, -0.05) is 18.9 Å². The Morgan fingerprint density at radius 1 is 1.23 bits per heavy atom. The summed E-state index contributed by atoms with van der Waals surface area (Å²) in [6.45, 7) is 0. The molecule has 0 saturated heterocycles. The van der Waals surface area contributed by atoms with Gasteiger partial charge in [-0.05, 0) is 49.3 Å². The highest BCUT2D eigenvalue weighted by Gasteiger charge is 2.48. The Kier molecular flexibility index (Phi) is 3.89. The first-order chi connectivity index (χ1) is 10.4. The molecule has 2 aliphatic rings. The number of urea groups is 1. The molecule has 1 atom stereocenters. The van der Waals surface area contributed by atoms with Gasteiger partial charge in [0.15, 0.2) is 9.84 Å².